The van der Waals surface area contributed by atoms with E-state index < -0.39 is 0 Å². The fourth-order valence-corrected chi connectivity index (χ4v) is 2.75. The van der Waals surface area contributed by atoms with Gasteiger partial charge in [0.15, 0.2) is 0 Å². The van der Waals surface area contributed by atoms with E-state index in [0.29, 0.717) is 6.10 Å². The van der Waals surface area contributed by atoms with Gasteiger partial charge >= 0.3 is 0 Å². The molecule has 2 unspecified atom stereocenters. The zero-order chi connectivity index (χ0) is 13.1. The Morgan fingerprint density at radius 1 is 1.33 bits per heavy atom. The van der Waals surface area contributed by atoms with Crippen molar-refractivity contribution < 1.29 is 4.74 Å². The van der Waals surface area contributed by atoms with Crippen molar-refractivity contribution >= 4 is 0 Å². The van der Waals surface area contributed by atoms with E-state index in [9.17, 15) is 0 Å². The molecule has 1 aromatic rings. The first-order valence-corrected chi connectivity index (χ1v) is 7.09. The van der Waals surface area contributed by atoms with Gasteiger partial charge in [0, 0.05) is 6.04 Å². The summed E-state index contributed by atoms with van der Waals surface area (Å²) in [7, 11) is 0. The number of ether oxygens (including phenoxy) is 1. The average Bonchev–Trinajstić information content (AvgIpc) is 2.31. The number of nitrogens with two attached hydrogens (primary N) is 1. The Morgan fingerprint density at radius 2 is 2.11 bits per heavy atom. The maximum Gasteiger partial charge on any atom is 0.122 e. The Labute approximate surface area is 111 Å². The third-order valence-corrected chi connectivity index (χ3v) is 3.91. The summed E-state index contributed by atoms with van der Waals surface area (Å²) in [5, 5.41) is 0. The van der Waals surface area contributed by atoms with Crippen molar-refractivity contribution in [2.24, 2.45) is 11.7 Å². The molecule has 100 valence electrons. The molecule has 18 heavy (non-hydrogen) atoms. The van der Waals surface area contributed by atoms with Crippen LogP contribution in [0.25, 0.3) is 0 Å². The van der Waals surface area contributed by atoms with Gasteiger partial charge in [-0.15, -0.1) is 0 Å². The van der Waals surface area contributed by atoms with Gasteiger partial charge in [-0.1, -0.05) is 25.5 Å². The number of aryl methyl sites for hydroxylation is 1. The summed E-state index contributed by atoms with van der Waals surface area (Å²) in [5.74, 6) is 1.82. The Bertz CT molecular complexity index is 400. The molecule has 2 heteroatoms. The minimum Gasteiger partial charge on any atom is -0.490 e. The molecule has 0 aliphatic heterocycles. The molecule has 3 atom stereocenters. The van der Waals surface area contributed by atoms with Crippen molar-refractivity contribution in [1.82, 2.24) is 0 Å². The van der Waals surface area contributed by atoms with Gasteiger partial charge in [0.05, 0.1) is 6.10 Å². The lowest BCUT2D eigenvalue weighted by atomic mass is 9.88. The molecule has 0 spiro atoms. The molecule has 1 fully saturated rings. The quantitative estimate of drug-likeness (QED) is 0.877. The zero-order valence-corrected chi connectivity index (χ0v) is 11.8. The zero-order valence-electron chi connectivity index (χ0n) is 11.8. The van der Waals surface area contributed by atoms with Crippen molar-refractivity contribution in [3.63, 3.8) is 0 Å². The molecule has 1 aliphatic rings. The summed E-state index contributed by atoms with van der Waals surface area (Å²) in [6, 6.07) is 6.39. The molecule has 0 amide bonds. The summed E-state index contributed by atoms with van der Waals surface area (Å²) < 4.78 is 6.15. The smallest absolute Gasteiger partial charge is 0.122 e. The fraction of sp³-hybridized carbons (Fsp3) is 0.625. The maximum atomic E-state index is 6.15. The first-order chi connectivity index (χ1) is 8.56. The molecule has 0 saturated heterocycles. The third kappa shape index (κ3) is 3.26. The number of rotatable bonds is 3. The standard InChI is InChI=1S/C16H25NO/c1-11-5-4-6-15(9-11)18-16-8-7-14(13(3)17)10-12(16)2/h7-8,10-11,13,15H,4-6,9,17H2,1-3H3/t11?,13-,15?/m1/s1. The minimum absolute atomic E-state index is 0.0902. The summed E-state index contributed by atoms with van der Waals surface area (Å²) in [6.07, 6.45) is 5.42. The largest absolute Gasteiger partial charge is 0.490 e. The third-order valence-electron chi connectivity index (χ3n) is 3.91. The lowest BCUT2D eigenvalue weighted by molar-refractivity contribution is 0.128. The molecule has 2 N–H and O–H groups in total. The Balaban J connectivity index is 2.05. The van der Waals surface area contributed by atoms with Crippen LogP contribution in [0.5, 0.6) is 5.75 Å². The fourth-order valence-electron chi connectivity index (χ4n) is 2.75. The highest BCUT2D eigenvalue weighted by atomic mass is 16.5. The van der Waals surface area contributed by atoms with Gasteiger partial charge in [0.2, 0.25) is 0 Å². The maximum absolute atomic E-state index is 6.15. The van der Waals surface area contributed by atoms with Crippen LogP contribution in [-0.4, -0.2) is 6.10 Å². The van der Waals surface area contributed by atoms with E-state index in [4.69, 9.17) is 10.5 Å². The van der Waals surface area contributed by atoms with Gasteiger partial charge in [-0.2, -0.15) is 0 Å². The van der Waals surface area contributed by atoms with E-state index in [2.05, 4.69) is 32.0 Å². The van der Waals surface area contributed by atoms with Crippen LogP contribution >= 0.6 is 0 Å². The number of hydrogen-bond donors (Lipinski definition) is 1. The van der Waals surface area contributed by atoms with Gasteiger partial charge in [-0.25, -0.2) is 0 Å². The van der Waals surface area contributed by atoms with E-state index in [0.717, 1.165) is 11.7 Å². The molecule has 1 saturated carbocycles. The number of hydrogen-bond acceptors (Lipinski definition) is 2. The molecule has 0 radical (unpaired) electrons. The SMILES string of the molecule is Cc1cc([C@@H](C)N)ccc1OC1CCCC(C)C1. The molecule has 2 rings (SSSR count). The van der Waals surface area contributed by atoms with Crippen LogP contribution in [-0.2, 0) is 0 Å². The van der Waals surface area contributed by atoms with Crippen molar-refractivity contribution in [1.29, 1.82) is 0 Å². The topological polar surface area (TPSA) is 35.2 Å². The molecule has 0 bridgehead atoms. The summed E-state index contributed by atoms with van der Waals surface area (Å²) in [6.45, 7) is 6.44. The van der Waals surface area contributed by atoms with Crippen LogP contribution in [0.15, 0.2) is 18.2 Å². The highest BCUT2D eigenvalue weighted by Crippen LogP contribution is 2.29. The Hall–Kier alpha value is -1.02. The normalized spacial score (nSPS) is 25.8. The molecule has 1 aromatic carbocycles. The van der Waals surface area contributed by atoms with Gasteiger partial charge in [-0.05, 0) is 56.2 Å². The number of benzene rings is 1. The first kappa shape index (κ1) is 13.4. The molecule has 2 nitrogen and oxygen atoms in total. The van der Waals surface area contributed by atoms with Crippen molar-refractivity contribution in [3.8, 4) is 5.75 Å². The predicted octanol–water partition coefficient (Wildman–Crippen LogP) is 3.97. The Kier molecular flexibility index (Phi) is 4.28. The summed E-state index contributed by atoms with van der Waals surface area (Å²) in [5.41, 5.74) is 8.27. The van der Waals surface area contributed by atoms with Gasteiger partial charge < -0.3 is 10.5 Å². The average molecular weight is 247 g/mol. The predicted molar refractivity (Wildman–Crippen MR) is 75.8 cm³/mol. The molecular weight excluding hydrogens is 222 g/mol. The highest BCUT2D eigenvalue weighted by molar-refractivity contribution is 5.37. The first-order valence-electron chi connectivity index (χ1n) is 7.09. The van der Waals surface area contributed by atoms with E-state index in [-0.39, 0.29) is 6.04 Å². The Morgan fingerprint density at radius 3 is 2.72 bits per heavy atom. The van der Waals surface area contributed by atoms with Gasteiger partial charge in [-0.3, -0.25) is 0 Å². The lowest BCUT2D eigenvalue weighted by Crippen LogP contribution is -2.24. The minimum atomic E-state index is 0.0902. The van der Waals surface area contributed by atoms with Crippen LogP contribution in [0.3, 0.4) is 0 Å². The monoisotopic (exact) mass is 247 g/mol. The van der Waals surface area contributed by atoms with Crippen molar-refractivity contribution in [2.75, 3.05) is 0 Å². The van der Waals surface area contributed by atoms with E-state index in [1.54, 1.807) is 0 Å². The molecule has 0 aromatic heterocycles. The van der Waals surface area contributed by atoms with Crippen molar-refractivity contribution in [2.45, 2.75) is 58.6 Å². The molecular formula is C16H25NO. The van der Waals surface area contributed by atoms with Gasteiger partial charge in [0.1, 0.15) is 5.75 Å². The summed E-state index contributed by atoms with van der Waals surface area (Å²) >= 11 is 0. The van der Waals surface area contributed by atoms with Crippen LogP contribution in [0, 0.1) is 12.8 Å². The van der Waals surface area contributed by atoms with E-state index in [1.807, 2.05) is 6.92 Å². The second-order valence-corrected chi connectivity index (χ2v) is 5.83. The van der Waals surface area contributed by atoms with Crippen LogP contribution in [0.1, 0.15) is 56.7 Å². The lowest BCUT2D eigenvalue weighted by Gasteiger charge is -2.28. The second kappa shape index (κ2) is 5.75. The highest BCUT2D eigenvalue weighted by Gasteiger charge is 2.20. The van der Waals surface area contributed by atoms with Crippen molar-refractivity contribution in [3.05, 3.63) is 29.3 Å². The molecule has 0 heterocycles. The summed E-state index contributed by atoms with van der Waals surface area (Å²) in [4.78, 5) is 0. The van der Waals surface area contributed by atoms with Crippen LogP contribution in [0.4, 0.5) is 0 Å². The van der Waals surface area contributed by atoms with Gasteiger partial charge in [0.25, 0.3) is 0 Å². The van der Waals surface area contributed by atoms with E-state index >= 15 is 0 Å². The second-order valence-electron chi connectivity index (χ2n) is 5.83. The van der Waals surface area contributed by atoms with Crippen LogP contribution in [0.2, 0.25) is 0 Å². The van der Waals surface area contributed by atoms with Crippen LogP contribution < -0.4 is 10.5 Å². The van der Waals surface area contributed by atoms with E-state index in [1.165, 1.54) is 36.8 Å². The molecule has 1 aliphatic carbocycles.